The van der Waals surface area contributed by atoms with Gasteiger partial charge in [-0.05, 0) is 95.3 Å². The van der Waals surface area contributed by atoms with Gasteiger partial charge >= 0.3 is 0 Å². The third-order valence-corrected chi connectivity index (χ3v) is 6.00. The van der Waals surface area contributed by atoms with Crippen LogP contribution >= 0.6 is 0 Å². The number of halogens is 1. The van der Waals surface area contributed by atoms with Crippen LogP contribution in [0.25, 0.3) is 28.0 Å². The molecule has 2 heterocycles. The summed E-state index contributed by atoms with van der Waals surface area (Å²) in [5.41, 5.74) is 3.83. The highest BCUT2D eigenvalue weighted by atomic mass is 19.1. The Hall–Kier alpha value is -4.46. The first kappa shape index (κ1) is 25.2. The molecular weight excluding hydrogens is 481 g/mol. The number of anilines is 1. The van der Waals surface area contributed by atoms with Gasteiger partial charge in [0.05, 0.1) is 34.1 Å². The molecule has 0 fully saturated rings. The molecule has 0 aliphatic heterocycles. The summed E-state index contributed by atoms with van der Waals surface area (Å²) in [5, 5.41) is 7.82. The van der Waals surface area contributed by atoms with E-state index in [9.17, 15) is 9.18 Å². The van der Waals surface area contributed by atoms with Crippen molar-refractivity contribution < 1.29 is 13.9 Å². The molecule has 38 heavy (non-hydrogen) atoms. The van der Waals surface area contributed by atoms with E-state index in [1.807, 2.05) is 75.7 Å². The Labute approximate surface area is 220 Å². The van der Waals surface area contributed by atoms with Crippen molar-refractivity contribution in [2.75, 3.05) is 5.32 Å². The number of nitrogens with zero attached hydrogens (tertiary/aromatic N) is 4. The molecule has 8 heteroatoms. The van der Waals surface area contributed by atoms with Crippen molar-refractivity contribution in [3.63, 3.8) is 0 Å². The number of ether oxygens (including phenoxy) is 1. The lowest BCUT2D eigenvalue weighted by atomic mass is 10.1. The largest absolute Gasteiger partial charge is 0.491 e. The molecule has 0 aliphatic rings. The van der Waals surface area contributed by atoms with E-state index < -0.39 is 0 Å². The van der Waals surface area contributed by atoms with Gasteiger partial charge in [0.25, 0.3) is 5.91 Å². The molecule has 194 valence electrons. The molecule has 1 N–H and O–H groups in total. The minimum atomic E-state index is -0.366. The van der Waals surface area contributed by atoms with Crippen LogP contribution in [0.15, 0.2) is 79.1 Å². The van der Waals surface area contributed by atoms with Crippen LogP contribution in [0.2, 0.25) is 0 Å². The highest BCUT2D eigenvalue weighted by Gasteiger charge is 2.22. The maximum absolute atomic E-state index is 13.7. The summed E-state index contributed by atoms with van der Waals surface area (Å²) in [6.45, 7) is 10.1. The van der Waals surface area contributed by atoms with Crippen molar-refractivity contribution in [2.45, 2.75) is 46.3 Å². The Morgan fingerprint density at radius 3 is 2.45 bits per heavy atom. The smallest absolute Gasteiger partial charge is 0.256 e. The fourth-order valence-corrected chi connectivity index (χ4v) is 4.27. The van der Waals surface area contributed by atoms with E-state index in [1.54, 1.807) is 35.2 Å². The van der Waals surface area contributed by atoms with Gasteiger partial charge in [-0.1, -0.05) is 6.07 Å². The molecule has 0 spiro atoms. The zero-order valence-electron chi connectivity index (χ0n) is 22.1. The Kier molecular flexibility index (Phi) is 6.48. The average molecular weight is 512 g/mol. The van der Waals surface area contributed by atoms with Gasteiger partial charge in [0.2, 0.25) is 0 Å². The van der Waals surface area contributed by atoms with Crippen molar-refractivity contribution in [3.05, 3.63) is 90.5 Å². The first-order valence-electron chi connectivity index (χ1n) is 12.5. The van der Waals surface area contributed by atoms with Crippen LogP contribution in [0.4, 0.5) is 10.2 Å². The number of amides is 1. The Morgan fingerprint density at radius 1 is 1.00 bits per heavy atom. The summed E-state index contributed by atoms with van der Waals surface area (Å²) in [4.78, 5) is 17.7. The van der Waals surface area contributed by atoms with Crippen molar-refractivity contribution in [1.82, 2.24) is 19.3 Å². The molecule has 0 atom stereocenters. The molecule has 5 rings (SSSR count). The number of aromatic nitrogens is 4. The van der Waals surface area contributed by atoms with Gasteiger partial charge in [0.1, 0.15) is 23.7 Å². The van der Waals surface area contributed by atoms with Gasteiger partial charge in [-0.15, -0.1) is 0 Å². The minimum Gasteiger partial charge on any atom is -0.491 e. The van der Waals surface area contributed by atoms with Crippen LogP contribution < -0.4 is 10.1 Å². The van der Waals surface area contributed by atoms with Crippen molar-refractivity contribution in [2.24, 2.45) is 0 Å². The Morgan fingerprint density at radius 2 is 1.76 bits per heavy atom. The molecule has 0 saturated carbocycles. The molecule has 0 aliphatic carbocycles. The minimum absolute atomic E-state index is 0.0945. The van der Waals surface area contributed by atoms with Gasteiger partial charge in [-0.2, -0.15) is 5.10 Å². The molecule has 5 aromatic rings. The lowest BCUT2D eigenvalue weighted by Crippen LogP contribution is -2.26. The third kappa shape index (κ3) is 5.16. The van der Waals surface area contributed by atoms with Gasteiger partial charge < -0.3 is 10.1 Å². The van der Waals surface area contributed by atoms with Crippen molar-refractivity contribution in [1.29, 1.82) is 0 Å². The number of nitrogens with one attached hydrogen (secondary N) is 1. The van der Waals surface area contributed by atoms with Crippen molar-refractivity contribution >= 4 is 22.8 Å². The molecule has 1 amide bonds. The lowest BCUT2D eigenvalue weighted by molar-refractivity contribution is 0.102. The third-order valence-electron chi connectivity index (χ3n) is 6.00. The summed E-state index contributed by atoms with van der Waals surface area (Å²) < 4.78 is 23.1. The van der Waals surface area contributed by atoms with Crippen LogP contribution in [0.3, 0.4) is 0 Å². The SMILES string of the molecule is CC(C)Oc1ccc(-c2cc(NC(=O)c3ccc4c(c3)ncn4-c3cccc(F)c3)n(C(C)(C)C)n2)cc1. The van der Waals surface area contributed by atoms with Crippen LogP contribution in [0.1, 0.15) is 45.0 Å². The topological polar surface area (TPSA) is 74.0 Å². The molecule has 0 radical (unpaired) electrons. The second kappa shape index (κ2) is 9.78. The maximum atomic E-state index is 13.7. The average Bonchev–Trinajstić information content (AvgIpc) is 3.48. The molecule has 3 aromatic carbocycles. The number of hydrogen-bond donors (Lipinski definition) is 1. The van der Waals surface area contributed by atoms with Crippen molar-refractivity contribution in [3.8, 4) is 22.7 Å². The van der Waals surface area contributed by atoms with Gasteiger partial charge in [0.15, 0.2) is 0 Å². The molecular formula is C30H30FN5O2. The quantitative estimate of drug-likeness (QED) is 0.271. The van der Waals surface area contributed by atoms with Crippen LogP contribution in [-0.2, 0) is 5.54 Å². The predicted molar refractivity (Wildman–Crippen MR) is 147 cm³/mol. The number of hydrogen-bond acceptors (Lipinski definition) is 4. The molecule has 0 bridgehead atoms. The van der Waals surface area contributed by atoms with E-state index in [1.165, 1.54) is 12.1 Å². The van der Waals surface area contributed by atoms with Crippen LogP contribution in [-0.4, -0.2) is 31.3 Å². The van der Waals surface area contributed by atoms with E-state index in [2.05, 4.69) is 10.3 Å². The number of carbonyl (C=O) groups excluding carboxylic acids is 1. The first-order chi connectivity index (χ1) is 18.1. The number of rotatable bonds is 6. The maximum Gasteiger partial charge on any atom is 0.256 e. The van der Waals surface area contributed by atoms with Gasteiger partial charge in [0, 0.05) is 17.2 Å². The standard InChI is InChI=1S/C30H30FN5O2/c1-19(2)38-24-12-9-20(10-13-24)25-17-28(36(34-25)30(3,4)5)33-29(37)21-11-14-27-26(15-21)32-18-35(27)23-8-6-7-22(31)16-23/h6-19H,1-5H3,(H,33,37). The molecule has 2 aromatic heterocycles. The fourth-order valence-electron chi connectivity index (χ4n) is 4.27. The second-order valence-corrected chi connectivity index (χ2v) is 10.4. The summed E-state index contributed by atoms with van der Waals surface area (Å²) in [6, 6.07) is 21.2. The Bertz CT molecular complexity index is 1610. The van der Waals surface area contributed by atoms with E-state index >= 15 is 0 Å². The lowest BCUT2D eigenvalue weighted by Gasteiger charge is -2.22. The summed E-state index contributed by atoms with van der Waals surface area (Å²) in [5.74, 6) is 0.785. The van der Waals surface area contributed by atoms with Crippen LogP contribution in [0, 0.1) is 5.82 Å². The number of benzene rings is 3. The van der Waals surface area contributed by atoms with E-state index in [4.69, 9.17) is 9.84 Å². The second-order valence-electron chi connectivity index (χ2n) is 10.4. The number of imidazole rings is 1. The fraction of sp³-hybridized carbons (Fsp3) is 0.233. The van der Waals surface area contributed by atoms with E-state index in [-0.39, 0.29) is 23.4 Å². The summed E-state index contributed by atoms with van der Waals surface area (Å²) in [6.07, 6.45) is 1.72. The zero-order chi connectivity index (χ0) is 27.0. The molecule has 0 saturated heterocycles. The zero-order valence-corrected chi connectivity index (χ0v) is 22.1. The summed E-state index contributed by atoms with van der Waals surface area (Å²) in [7, 11) is 0. The van der Waals surface area contributed by atoms with Gasteiger partial charge in [-0.3, -0.25) is 9.36 Å². The Balaban J connectivity index is 1.42. The first-order valence-corrected chi connectivity index (χ1v) is 12.5. The predicted octanol–water partition coefficient (Wildman–Crippen LogP) is 6.82. The normalized spacial score (nSPS) is 11.8. The van der Waals surface area contributed by atoms with E-state index in [0.29, 0.717) is 22.6 Å². The highest BCUT2D eigenvalue weighted by Crippen LogP contribution is 2.29. The monoisotopic (exact) mass is 511 g/mol. The number of carbonyl (C=O) groups is 1. The summed E-state index contributed by atoms with van der Waals surface area (Å²) >= 11 is 0. The number of fused-ring (bicyclic) bond motifs is 1. The van der Waals surface area contributed by atoms with E-state index in [0.717, 1.165) is 22.5 Å². The molecule has 7 nitrogen and oxygen atoms in total. The highest BCUT2D eigenvalue weighted by molar-refractivity contribution is 6.05. The van der Waals surface area contributed by atoms with Crippen LogP contribution in [0.5, 0.6) is 5.75 Å². The molecule has 0 unspecified atom stereocenters. The van der Waals surface area contributed by atoms with Gasteiger partial charge in [-0.25, -0.2) is 14.1 Å².